The van der Waals surface area contributed by atoms with Crippen LogP contribution in [0.3, 0.4) is 0 Å². The lowest BCUT2D eigenvalue weighted by Gasteiger charge is -2.10. The Labute approximate surface area is 125 Å². The third-order valence-corrected chi connectivity index (χ3v) is 3.28. The van der Waals surface area contributed by atoms with Gasteiger partial charge in [-0.3, -0.25) is 0 Å². The van der Waals surface area contributed by atoms with E-state index in [9.17, 15) is 8.78 Å². The van der Waals surface area contributed by atoms with Gasteiger partial charge in [0.15, 0.2) is 0 Å². The highest BCUT2D eigenvalue weighted by molar-refractivity contribution is 7.80. The number of rotatable bonds is 4. The summed E-state index contributed by atoms with van der Waals surface area (Å²) in [6.07, 6.45) is 0. The first kappa shape index (κ1) is 14.7. The van der Waals surface area contributed by atoms with Crippen LogP contribution in [0.15, 0.2) is 36.4 Å². The lowest BCUT2D eigenvalue weighted by Crippen LogP contribution is -2.09. The molecule has 20 heavy (non-hydrogen) atoms. The number of benzene rings is 2. The van der Waals surface area contributed by atoms with E-state index in [0.29, 0.717) is 16.3 Å². The Balaban J connectivity index is 2.15. The Morgan fingerprint density at radius 1 is 1.20 bits per heavy atom. The molecule has 0 fully saturated rings. The zero-order valence-corrected chi connectivity index (χ0v) is 11.9. The fourth-order valence-corrected chi connectivity index (χ4v) is 2.06. The average molecular weight is 313 g/mol. The van der Waals surface area contributed by atoms with Crippen LogP contribution < -0.4 is 11.1 Å². The summed E-state index contributed by atoms with van der Waals surface area (Å²) in [4.78, 5) is 0.245. The molecular weight excluding hydrogens is 302 g/mol. The summed E-state index contributed by atoms with van der Waals surface area (Å²) in [6.45, 7) is 0.121. The lowest BCUT2D eigenvalue weighted by molar-refractivity contribution is 0.587. The maximum absolute atomic E-state index is 13.5. The van der Waals surface area contributed by atoms with Gasteiger partial charge in [-0.25, -0.2) is 8.78 Å². The van der Waals surface area contributed by atoms with Gasteiger partial charge in [-0.15, -0.1) is 0 Å². The number of anilines is 1. The van der Waals surface area contributed by atoms with E-state index in [-0.39, 0.29) is 17.1 Å². The van der Waals surface area contributed by atoms with Crippen molar-refractivity contribution in [2.24, 2.45) is 5.73 Å². The van der Waals surface area contributed by atoms with E-state index in [1.807, 2.05) is 0 Å². The molecule has 2 nitrogen and oxygen atoms in total. The number of nitrogens with two attached hydrogens (primary N) is 1. The molecule has 2 aromatic carbocycles. The van der Waals surface area contributed by atoms with Gasteiger partial charge in [-0.05, 0) is 36.4 Å². The van der Waals surface area contributed by atoms with Crippen LogP contribution in [0.25, 0.3) is 0 Å². The average Bonchev–Trinajstić information content (AvgIpc) is 2.40. The first-order valence-electron chi connectivity index (χ1n) is 5.74. The first-order valence-corrected chi connectivity index (χ1v) is 6.53. The topological polar surface area (TPSA) is 38.0 Å². The first-order chi connectivity index (χ1) is 9.47. The van der Waals surface area contributed by atoms with Crippen molar-refractivity contribution in [3.63, 3.8) is 0 Å². The normalized spacial score (nSPS) is 10.3. The Morgan fingerprint density at radius 2 is 1.95 bits per heavy atom. The van der Waals surface area contributed by atoms with E-state index < -0.39 is 11.6 Å². The van der Waals surface area contributed by atoms with Gasteiger partial charge in [-0.1, -0.05) is 23.8 Å². The minimum atomic E-state index is -0.488. The fourth-order valence-electron chi connectivity index (χ4n) is 1.68. The van der Waals surface area contributed by atoms with Gasteiger partial charge in [0.25, 0.3) is 0 Å². The van der Waals surface area contributed by atoms with Gasteiger partial charge < -0.3 is 11.1 Å². The third kappa shape index (κ3) is 3.43. The molecule has 0 aliphatic heterocycles. The molecule has 0 unspecified atom stereocenters. The molecule has 0 amide bonds. The monoisotopic (exact) mass is 312 g/mol. The summed E-state index contributed by atoms with van der Waals surface area (Å²) in [6, 6.07) is 8.31. The van der Waals surface area contributed by atoms with Gasteiger partial charge in [0.1, 0.15) is 16.6 Å². The SMILES string of the molecule is NC(=S)c1ccc(NCc2cc(F)ccc2F)c(Cl)c1. The van der Waals surface area contributed by atoms with Crippen molar-refractivity contribution < 1.29 is 8.78 Å². The molecule has 0 radical (unpaired) electrons. The molecule has 0 heterocycles. The van der Waals surface area contributed by atoms with Crippen molar-refractivity contribution >= 4 is 34.5 Å². The second-order valence-electron chi connectivity index (χ2n) is 4.15. The van der Waals surface area contributed by atoms with E-state index in [1.165, 1.54) is 0 Å². The Morgan fingerprint density at radius 3 is 2.60 bits per heavy atom. The largest absolute Gasteiger partial charge is 0.389 e. The van der Waals surface area contributed by atoms with E-state index in [2.05, 4.69) is 5.32 Å². The Bertz CT molecular complexity index is 662. The number of nitrogens with one attached hydrogen (secondary N) is 1. The van der Waals surface area contributed by atoms with E-state index >= 15 is 0 Å². The molecule has 2 rings (SSSR count). The molecule has 0 saturated carbocycles. The van der Waals surface area contributed by atoms with Crippen LogP contribution in [-0.4, -0.2) is 4.99 Å². The summed E-state index contributed by atoms with van der Waals surface area (Å²) in [5, 5.41) is 3.35. The molecule has 0 bridgehead atoms. The number of hydrogen-bond donors (Lipinski definition) is 2. The number of halogens is 3. The lowest BCUT2D eigenvalue weighted by atomic mass is 10.1. The fraction of sp³-hybridized carbons (Fsp3) is 0.0714. The zero-order valence-electron chi connectivity index (χ0n) is 10.3. The van der Waals surface area contributed by atoms with Crippen molar-refractivity contribution in [3.8, 4) is 0 Å². The summed E-state index contributed by atoms with van der Waals surface area (Å²) in [5.74, 6) is -0.965. The molecule has 0 aromatic heterocycles. The predicted octanol–water partition coefficient (Wildman–Crippen LogP) is 3.86. The maximum Gasteiger partial charge on any atom is 0.128 e. The molecule has 104 valence electrons. The Hall–Kier alpha value is -1.72. The van der Waals surface area contributed by atoms with Crippen molar-refractivity contribution in [3.05, 3.63) is 64.2 Å². The van der Waals surface area contributed by atoms with E-state index in [4.69, 9.17) is 29.6 Å². The smallest absolute Gasteiger partial charge is 0.128 e. The summed E-state index contributed by atoms with van der Waals surface area (Å²) < 4.78 is 26.5. The van der Waals surface area contributed by atoms with Crippen LogP contribution in [0.1, 0.15) is 11.1 Å². The van der Waals surface area contributed by atoms with Gasteiger partial charge in [0.05, 0.1) is 10.7 Å². The van der Waals surface area contributed by atoms with Crippen LogP contribution in [0.4, 0.5) is 14.5 Å². The molecule has 0 spiro atoms. The van der Waals surface area contributed by atoms with Crippen molar-refractivity contribution in [2.45, 2.75) is 6.54 Å². The minimum absolute atomic E-state index is 0.121. The molecule has 0 aliphatic carbocycles. The Kier molecular flexibility index (Phi) is 4.52. The van der Waals surface area contributed by atoms with Crippen LogP contribution in [0, 0.1) is 11.6 Å². The van der Waals surface area contributed by atoms with E-state index in [0.717, 1.165) is 18.2 Å². The van der Waals surface area contributed by atoms with Crippen molar-refractivity contribution in [2.75, 3.05) is 5.32 Å². The van der Waals surface area contributed by atoms with Crippen molar-refractivity contribution in [1.29, 1.82) is 0 Å². The third-order valence-electron chi connectivity index (χ3n) is 2.73. The standard InChI is InChI=1S/C14H11ClF2N2S/c15-11-6-8(14(18)20)1-4-13(11)19-7-9-5-10(16)2-3-12(9)17/h1-6,19H,7H2,(H2,18,20). The van der Waals surface area contributed by atoms with Gasteiger partial charge in [0.2, 0.25) is 0 Å². The number of thiocarbonyl (C=S) groups is 1. The van der Waals surface area contributed by atoms with Crippen LogP contribution in [0.2, 0.25) is 5.02 Å². The van der Waals surface area contributed by atoms with Crippen LogP contribution >= 0.6 is 23.8 Å². The number of hydrogen-bond acceptors (Lipinski definition) is 2. The molecule has 0 atom stereocenters. The van der Waals surface area contributed by atoms with Gasteiger partial charge in [-0.2, -0.15) is 0 Å². The summed E-state index contributed by atoms with van der Waals surface area (Å²) in [5.41, 5.74) is 6.96. The van der Waals surface area contributed by atoms with Crippen LogP contribution in [0.5, 0.6) is 0 Å². The predicted molar refractivity (Wildman–Crippen MR) is 81.0 cm³/mol. The quantitative estimate of drug-likeness (QED) is 0.842. The molecule has 6 heteroatoms. The second-order valence-corrected chi connectivity index (χ2v) is 5.00. The van der Waals surface area contributed by atoms with Crippen LogP contribution in [-0.2, 0) is 6.54 Å². The highest BCUT2D eigenvalue weighted by Gasteiger charge is 2.06. The molecule has 3 N–H and O–H groups in total. The highest BCUT2D eigenvalue weighted by atomic mass is 35.5. The molecule has 2 aromatic rings. The maximum atomic E-state index is 13.5. The molecule has 0 aliphatic rings. The molecule has 0 saturated heterocycles. The molecular formula is C14H11ClF2N2S. The van der Waals surface area contributed by atoms with Gasteiger partial charge in [0, 0.05) is 17.7 Å². The van der Waals surface area contributed by atoms with Crippen molar-refractivity contribution in [1.82, 2.24) is 0 Å². The highest BCUT2D eigenvalue weighted by Crippen LogP contribution is 2.24. The summed E-state index contributed by atoms with van der Waals surface area (Å²) >= 11 is 10.9. The van der Waals surface area contributed by atoms with Gasteiger partial charge >= 0.3 is 0 Å². The minimum Gasteiger partial charge on any atom is -0.389 e. The summed E-state index contributed by atoms with van der Waals surface area (Å²) in [7, 11) is 0. The zero-order chi connectivity index (χ0) is 14.7. The van der Waals surface area contributed by atoms with E-state index in [1.54, 1.807) is 18.2 Å². The second kappa shape index (κ2) is 6.15.